The molecule has 1 N–H and O–H groups in total. The van der Waals surface area contributed by atoms with Crippen LogP contribution in [0.4, 0.5) is 11.6 Å². The van der Waals surface area contributed by atoms with Crippen molar-refractivity contribution in [3.8, 4) is 17.2 Å². The predicted molar refractivity (Wildman–Crippen MR) is 114 cm³/mol. The van der Waals surface area contributed by atoms with E-state index in [0.29, 0.717) is 29.8 Å². The highest BCUT2D eigenvalue weighted by Crippen LogP contribution is 2.22. The molecule has 29 heavy (non-hydrogen) atoms. The zero-order valence-corrected chi connectivity index (χ0v) is 15.9. The molecule has 0 saturated carbocycles. The molecule has 4 aromatic rings. The second-order valence-corrected chi connectivity index (χ2v) is 6.15. The first-order valence-electron chi connectivity index (χ1n) is 9.32. The second kappa shape index (κ2) is 8.84. The fourth-order valence-electron chi connectivity index (χ4n) is 2.70. The Morgan fingerprint density at radius 3 is 2.59 bits per heavy atom. The van der Waals surface area contributed by atoms with Gasteiger partial charge in [0.15, 0.2) is 5.76 Å². The van der Waals surface area contributed by atoms with E-state index < -0.39 is 0 Å². The molecule has 6 heteroatoms. The van der Waals surface area contributed by atoms with Gasteiger partial charge in [-0.1, -0.05) is 24.3 Å². The van der Waals surface area contributed by atoms with Crippen molar-refractivity contribution in [2.24, 2.45) is 0 Å². The molecule has 0 aliphatic carbocycles. The molecule has 0 aliphatic rings. The molecule has 4 rings (SSSR count). The zero-order valence-electron chi connectivity index (χ0n) is 15.9. The minimum atomic E-state index is 0.513. The first-order valence-corrected chi connectivity index (χ1v) is 9.32. The van der Waals surface area contributed by atoms with Gasteiger partial charge in [0.2, 0.25) is 5.89 Å². The van der Waals surface area contributed by atoms with Crippen LogP contribution in [-0.4, -0.2) is 21.6 Å². The van der Waals surface area contributed by atoms with Crippen LogP contribution >= 0.6 is 0 Å². The van der Waals surface area contributed by atoms with Crippen LogP contribution in [0.15, 0.2) is 77.5 Å². The van der Waals surface area contributed by atoms with Gasteiger partial charge < -0.3 is 14.5 Å². The maximum absolute atomic E-state index is 5.83. The lowest BCUT2D eigenvalue weighted by Crippen LogP contribution is -1.95. The quantitative estimate of drug-likeness (QED) is 0.457. The number of hydrogen-bond acceptors (Lipinski definition) is 6. The topological polar surface area (TPSA) is 73.1 Å². The van der Waals surface area contributed by atoms with Crippen LogP contribution < -0.4 is 10.1 Å². The molecule has 3 heterocycles. The summed E-state index contributed by atoms with van der Waals surface area (Å²) >= 11 is 0. The first-order chi connectivity index (χ1) is 14.3. The lowest BCUT2D eigenvalue weighted by molar-refractivity contribution is 0.340. The molecular weight excluding hydrogens is 364 g/mol. The Hall–Kier alpha value is -3.93. The molecule has 0 unspecified atom stereocenters. The van der Waals surface area contributed by atoms with E-state index in [9.17, 15) is 0 Å². The first kappa shape index (κ1) is 18.4. The minimum absolute atomic E-state index is 0.513. The number of ether oxygens (including phenoxy) is 1. The third-order valence-corrected chi connectivity index (χ3v) is 4.06. The van der Waals surface area contributed by atoms with Crippen molar-refractivity contribution in [2.45, 2.75) is 6.92 Å². The Morgan fingerprint density at radius 2 is 1.79 bits per heavy atom. The van der Waals surface area contributed by atoms with Gasteiger partial charge in [-0.25, -0.2) is 15.0 Å². The standard InChI is InChI=1S/C23H20N4O2/c1-2-28-18-12-9-17(10-13-18)11-14-23-25-16-20(29-23)19-6-5-8-22(26-19)27-21-7-3-4-15-24-21/h3-16H,2H2,1H3,(H,24,26,27)/b14-11+. The highest BCUT2D eigenvalue weighted by atomic mass is 16.5. The summed E-state index contributed by atoms with van der Waals surface area (Å²) in [5.41, 5.74) is 1.73. The summed E-state index contributed by atoms with van der Waals surface area (Å²) in [7, 11) is 0. The number of oxazole rings is 1. The maximum atomic E-state index is 5.83. The van der Waals surface area contributed by atoms with Crippen LogP contribution in [0.5, 0.6) is 5.75 Å². The monoisotopic (exact) mass is 384 g/mol. The average molecular weight is 384 g/mol. The van der Waals surface area contributed by atoms with E-state index in [-0.39, 0.29) is 0 Å². The van der Waals surface area contributed by atoms with E-state index in [4.69, 9.17) is 9.15 Å². The Bertz CT molecular complexity index is 1090. The summed E-state index contributed by atoms with van der Waals surface area (Å²) in [6.07, 6.45) is 7.17. The lowest BCUT2D eigenvalue weighted by atomic mass is 10.2. The Kier molecular flexibility index (Phi) is 5.62. The van der Waals surface area contributed by atoms with Crippen molar-refractivity contribution < 1.29 is 9.15 Å². The summed E-state index contributed by atoms with van der Waals surface area (Å²) < 4.78 is 11.3. The van der Waals surface area contributed by atoms with Crippen molar-refractivity contribution in [1.29, 1.82) is 0 Å². The van der Waals surface area contributed by atoms with Gasteiger partial charge in [0.1, 0.15) is 23.1 Å². The number of nitrogens with one attached hydrogen (secondary N) is 1. The zero-order chi connectivity index (χ0) is 19.9. The number of anilines is 2. The molecule has 0 saturated heterocycles. The summed E-state index contributed by atoms with van der Waals surface area (Å²) in [6.45, 7) is 2.62. The highest BCUT2D eigenvalue weighted by Gasteiger charge is 2.07. The summed E-state index contributed by atoms with van der Waals surface area (Å²) in [5, 5.41) is 3.17. The normalized spacial score (nSPS) is 10.9. The number of rotatable bonds is 7. The fraction of sp³-hybridized carbons (Fsp3) is 0.0870. The summed E-state index contributed by atoms with van der Waals surface area (Å²) in [5.74, 6) is 3.38. The van der Waals surface area contributed by atoms with Crippen LogP contribution in [0.3, 0.4) is 0 Å². The highest BCUT2D eigenvalue weighted by molar-refractivity contribution is 5.67. The van der Waals surface area contributed by atoms with Crippen LogP contribution in [0.25, 0.3) is 23.6 Å². The van der Waals surface area contributed by atoms with Gasteiger partial charge in [-0.3, -0.25) is 0 Å². The van der Waals surface area contributed by atoms with Crippen LogP contribution in [-0.2, 0) is 0 Å². The van der Waals surface area contributed by atoms with E-state index in [1.165, 1.54) is 0 Å². The van der Waals surface area contributed by atoms with Crippen molar-refractivity contribution in [2.75, 3.05) is 11.9 Å². The van der Waals surface area contributed by atoms with Gasteiger partial charge in [0, 0.05) is 12.3 Å². The molecule has 0 bridgehead atoms. The third kappa shape index (κ3) is 4.87. The smallest absolute Gasteiger partial charge is 0.219 e. The Balaban J connectivity index is 1.46. The molecule has 144 valence electrons. The predicted octanol–water partition coefficient (Wildman–Crippen LogP) is 5.44. The van der Waals surface area contributed by atoms with Crippen molar-refractivity contribution in [3.05, 3.63) is 84.5 Å². The molecule has 0 atom stereocenters. The van der Waals surface area contributed by atoms with E-state index in [1.807, 2.05) is 79.7 Å². The minimum Gasteiger partial charge on any atom is -0.494 e. The van der Waals surface area contributed by atoms with Gasteiger partial charge in [-0.15, -0.1) is 0 Å². The van der Waals surface area contributed by atoms with Crippen LogP contribution in [0, 0.1) is 0 Å². The largest absolute Gasteiger partial charge is 0.494 e. The number of benzene rings is 1. The molecule has 0 amide bonds. The molecule has 3 aromatic heterocycles. The van der Waals surface area contributed by atoms with Crippen molar-refractivity contribution in [1.82, 2.24) is 15.0 Å². The van der Waals surface area contributed by atoms with Gasteiger partial charge >= 0.3 is 0 Å². The Labute approximate surface area is 168 Å². The van der Waals surface area contributed by atoms with E-state index in [0.717, 1.165) is 17.1 Å². The molecule has 0 radical (unpaired) electrons. The SMILES string of the molecule is CCOc1ccc(/C=C/c2ncc(-c3cccc(Nc4ccccn4)n3)o2)cc1. The third-order valence-electron chi connectivity index (χ3n) is 4.06. The number of aromatic nitrogens is 3. The van der Waals surface area contributed by atoms with E-state index in [2.05, 4.69) is 20.3 Å². The van der Waals surface area contributed by atoms with Crippen LogP contribution in [0.1, 0.15) is 18.4 Å². The van der Waals surface area contributed by atoms with Crippen molar-refractivity contribution in [3.63, 3.8) is 0 Å². The molecule has 0 aliphatic heterocycles. The van der Waals surface area contributed by atoms with Gasteiger partial charge in [0.05, 0.1) is 12.8 Å². The Morgan fingerprint density at radius 1 is 0.931 bits per heavy atom. The van der Waals surface area contributed by atoms with Gasteiger partial charge in [-0.2, -0.15) is 0 Å². The number of nitrogens with zero attached hydrogens (tertiary/aromatic N) is 3. The maximum Gasteiger partial charge on any atom is 0.219 e. The number of hydrogen-bond donors (Lipinski definition) is 1. The van der Waals surface area contributed by atoms with Gasteiger partial charge in [0.25, 0.3) is 0 Å². The molecule has 1 aromatic carbocycles. The fourth-order valence-corrected chi connectivity index (χ4v) is 2.70. The average Bonchev–Trinajstić information content (AvgIpc) is 3.24. The van der Waals surface area contributed by atoms with Crippen LogP contribution in [0.2, 0.25) is 0 Å². The molecule has 6 nitrogen and oxygen atoms in total. The molecular formula is C23H20N4O2. The summed E-state index contributed by atoms with van der Waals surface area (Å²) in [6, 6.07) is 19.2. The van der Waals surface area contributed by atoms with E-state index in [1.54, 1.807) is 12.4 Å². The molecule has 0 spiro atoms. The lowest BCUT2D eigenvalue weighted by Gasteiger charge is -2.05. The van der Waals surface area contributed by atoms with Crippen molar-refractivity contribution >= 4 is 23.8 Å². The number of pyridine rings is 2. The summed E-state index contributed by atoms with van der Waals surface area (Å²) in [4.78, 5) is 13.1. The molecule has 0 fully saturated rings. The van der Waals surface area contributed by atoms with Gasteiger partial charge in [-0.05, 0) is 55.0 Å². The second-order valence-electron chi connectivity index (χ2n) is 6.15. The van der Waals surface area contributed by atoms with E-state index >= 15 is 0 Å².